The van der Waals surface area contributed by atoms with Gasteiger partial charge in [0.25, 0.3) is 5.91 Å². The maximum atomic E-state index is 12.6. The van der Waals surface area contributed by atoms with Crippen LogP contribution in [-0.4, -0.2) is 41.1 Å². The molecule has 3 aliphatic rings. The Morgan fingerprint density at radius 3 is 2.81 bits per heavy atom. The largest absolute Gasteiger partial charge is 0.384 e. The first-order valence-corrected chi connectivity index (χ1v) is 9.63. The number of ether oxygens (including phenoxy) is 1. The van der Waals surface area contributed by atoms with Crippen molar-refractivity contribution in [3.8, 4) is 0 Å². The Kier molecular flexibility index (Phi) is 4.60. The van der Waals surface area contributed by atoms with Crippen molar-refractivity contribution in [2.75, 3.05) is 18.9 Å². The molecule has 7 nitrogen and oxygen atoms in total. The number of nitrogens with zero attached hydrogens (tertiary/aromatic N) is 1. The molecule has 2 heterocycles. The molecular weight excluding hydrogens is 368 g/mol. The maximum Gasteiger partial charge on any atom is 0.252 e. The highest BCUT2D eigenvalue weighted by Crippen LogP contribution is 2.47. The fourth-order valence-corrected chi connectivity index (χ4v) is 4.55. The van der Waals surface area contributed by atoms with E-state index in [0.29, 0.717) is 25.1 Å². The molecule has 27 heavy (non-hydrogen) atoms. The number of amides is 2. The smallest absolute Gasteiger partial charge is 0.252 e. The molecule has 4 N–H and O–H groups in total. The molecule has 0 aromatic carbocycles. The number of pyridine rings is 1. The van der Waals surface area contributed by atoms with Crippen LogP contribution < -0.4 is 16.4 Å². The predicted molar refractivity (Wildman–Crippen MR) is 101 cm³/mol. The van der Waals surface area contributed by atoms with Crippen LogP contribution >= 0.6 is 11.6 Å². The van der Waals surface area contributed by atoms with Crippen LogP contribution in [0.1, 0.15) is 48.9 Å². The van der Waals surface area contributed by atoms with Crippen LogP contribution in [0.4, 0.5) is 5.82 Å². The fourth-order valence-electron chi connectivity index (χ4n) is 4.34. The van der Waals surface area contributed by atoms with E-state index in [1.807, 2.05) is 6.08 Å². The van der Waals surface area contributed by atoms with E-state index in [4.69, 9.17) is 22.1 Å². The van der Waals surface area contributed by atoms with Crippen molar-refractivity contribution in [2.45, 2.75) is 49.7 Å². The van der Waals surface area contributed by atoms with Crippen molar-refractivity contribution in [3.05, 3.63) is 34.5 Å². The second-order valence-corrected chi connectivity index (χ2v) is 8.18. The molecule has 1 aliphatic heterocycles. The first-order valence-electron chi connectivity index (χ1n) is 9.26. The molecular formula is C19H23ClN4O3. The number of hydrogen-bond acceptors (Lipinski definition) is 5. The third-order valence-corrected chi connectivity index (χ3v) is 5.93. The summed E-state index contributed by atoms with van der Waals surface area (Å²) in [6, 6.07) is 3.00. The van der Waals surface area contributed by atoms with Crippen LogP contribution in [0.2, 0.25) is 5.15 Å². The van der Waals surface area contributed by atoms with Crippen molar-refractivity contribution >= 4 is 29.2 Å². The minimum absolute atomic E-state index is 0.000753. The maximum absolute atomic E-state index is 12.6. The molecule has 1 saturated heterocycles. The molecule has 1 aromatic rings. The first-order chi connectivity index (χ1) is 12.9. The normalized spacial score (nSPS) is 28.9. The van der Waals surface area contributed by atoms with Gasteiger partial charge in [0.1, 0.15) is 11.0 Å². The number of nitrogens with one attached hydrogen (secondary N) is 2. The molecule has 144 valence electrons. The standard InChI is InChI=1S/C19H23ClN4O3/c20-14-7-13(8-15(21)23-14)17(26)24-18-5-6-19(9-18,27-11-18)10-22-16(25)12-3-1-2-4-12/h3,7-8H,1-2,4-6,9-11H2,(H2,21,23)(H,22,25)(H,24,26). The minimum Gasteiger partial charge on any atom is -0.384 e. The summed E-state index contributed by atoms with van der Waals surface area (Å²) in [7, 11) is 0. The number of aromatic nitrogens is 1. The molecule has 1 aromatic heterocycles. The van der Waals surface area contributed by atoms with Crippen LogP contribution in [-0.2, 0) is 9.53 Å². The number of allylic oxidation sites excluding steroid dienone is 1. The SMILES string of the molecule is Nc1cc(C(=O)NC23CCC(CNC(=O)C4=CCCC4)(C2)OC3)cc(Cl)n1. The number of hydrogen-bond donors (Lipinski definition) is 3. The summed E-state index contributed by atoms with van der Waals surface area (Å²) in [5.74, 6) is -0.0363. The number of nitrogens with two attached hydrogens (primary N) is 1. The summed E-state index contributed by atoms with van der Waals surface area (Å²) < 4.78 is 6.03. The van der Waals surface area contributed by atoms with Gasteiger partial charge in [0, 0.05) is 24.1 Å². The number of nitrogen functional groups attached to an aromatic ring is 1. The Balaban J connectivity index is 1.38. The van der Waals surface area contributed by atoms with Gasteiger partial charge in [-0.2, -0.15) is 0 Å². The molecule has 4 rings (SSSR count). The van der Waals surface area contributed by atoms with Crippen molar-refractivity contribution in [1.82, 2.24) is 15.6 Å². The summed E-state index contributed by atoms with van der Waals surface area (Å²) in [6.45, 7) is 0.903. The highest BCUT2D eigenvalue weighted by Gasteiger charge is 2.56. The summed E-state index contributed by atoms with van der Waals surface area (Å²) >= 11 is 5.89. The van der Waals surface area contributed by atoms with E-state index < -0.39 is 11.1 Å². The third kappa shape index (κ3) is 3.66. The van der Waals surface area contributed by atoms with Crippen molar-refractivity contribution in [3.63, 3.8) is 0 Å². The van der Waals surface area contributed by atoms with E-state index in [-0.39, 0.29) is 22.8 Å². The van der Waals surface area contributed by atoms with Crippen LogP contribution in [0.3, 0.4) is 0 Å². The van der Waals surface area contributed by atoms with E-state index in [9.17, 15) is 9.59 Å². The lowest BCUT2D eigenvalue weighted by Crippen LogP contribution is -2.48. The molecule has 2 atom stereocenters. The van der Waals surface area contributed by atoms with Gasteiger partial charge in [-0.1, -0.05) is 17.7 Å². The van der Waals surface area contributed by atoms with E-state index in [1.54, 1.807) is 0 Å². The van der Waals surface area contributed by atoms with Crippen molar-refractivity contribution < 1.29 is 14.3 Å². The second-order valence-electron chi connectivity index (χ2n) is 7.79. The highest BCUT2D eigenvalue weighted by molar-refractivity contribution is 6.29. The Bertz CT molecular complexity index is 795. The summed E-state index contributed by atoms with van der Waals surface area (Å²) in [5.41, 5.74) is 6.10. The second kappa shape index (κ2) is 6.80. The number of rotatable bonds is 5. The van der Waals surface area contributed by atoms with Crippen LogP contribution in [0.5, 0.6) is 0 Å². The quantitative estimate of drug-likeness (QED) is 0.666. The lowest BCUT2D eigenvalue weighted by atomic mass is 9.97. The molecule has 2 fully saturated rings. The zero-order chi connectivity index (χ0) is 19.1. The van der Waals surface area contributed by atoms with Gasteiger partial charge in [-0.05, 0) is 44.2 Å². The highest BCUT2D eigenvalue weighted by atomic mass is 35.5. The number of anilines is 1. The van der Waals surface area contributed by atoms with Gasteiger partial charge in [-0.3, -0.25) is 9.59 Å². The monoisotopic (exact) mass is 390 g/mol. The molecule has 2 unspecified atom stereocenters. The zero-order valence-electron chi connectivity index (χ0n) is 15.0. The van der Waals surface area contributed by atoms with Gasteiger partial charge in [-0.25, -0.2) is 4.98 Å². The van der Waals surface area contributed by atoms with Crippen LogP contribution in [0.25, 0.3) is 0 Å². The molecule has 2 aliphatic carbocycles. The number of fused-ring (bicyclic) bond motifs is 2. The van der Waals surface area contributed by atoms with Crippen LogP contribution in [0, 0.1) is 0 Å². The number of halogens is 1. The Labute approximate surface area is 162 Å². The summed E-state index contributed by atoms with van der Waals surface area (Å²) in [5, 5.41) is 6.29. The average Bonchev–Trinajstić information content (AvgIpc) is 3.34. The molecule has 0 radical (unpaired) electrons. The van der Waals surface area contributed by atoms with Gasteiger partial charge < -0.3 is 21.1 Å². The zero-order valence-corrected chi connectivity index (χ0v) is 15.8. The lowest BCUT2D eigenvalue weighted by molar-refractivity contribution is -0.119. The predicted octanol–water partition coefficient (Wildman–Crippen LogP) is 1.97. The van der Waals surface area contributed by atoms with E-state index >= 15 is 0 Å². The summed E-state index contributed by atoms with van der Waals surface area (Å²) in [4.78, 5) is 28.8. The Morgan fingerprint density at radius 1 is 1.30 bits per heavy atom. The van der Waals surface area contributed by atoms with Crippen molar-refractivity contribution in [2.24, 2.45) is 0 Å². The van der Waals surface area contributed by atoms with Crippen LogP contribution in [0.15, 0.2) is 23.8 Å². The molecule has 2 bridgehead atoms. The van der Waals surface area contributed by atoms with Gasteiger partial charge in [-0.15, -0.1) is 0 Å². The first kappa shape index (κ1) is 18.3. The van der Waals surface area contributed by atoms with E-state index in [1.165, 1.54) is 12.1 Å². The summed E-state index contributed by atoms with van der Waals surface area (Å²) in [6.07, 6.45) is 7.16. The molecule has 0 spiro atoms. The van der Waals surface area contributed by atoms with Gasteiger partial charge in [0.15, 0.2) is 0 Å². The number of carbonyl (C=O) groups excluding carboxylic acids is 2. The van der Waals surface area contributed by atoms with Crippen molar-refractivity contribution in [1.29, 1.82) is 0 Å². The molecule has 8 heteroatoms. The lowest BCUT2D eigenvalue weighted by Gasteiger charge is -2.29. The fraction of sp³-hybridized carbons (Fsp3) is 0.526. The number of carbonyl (C=O) groups is 2. The minimum atomic E-state index is -0.418. The Hall–Kier alpha value is -2.12. The van der Waals surface area contributed by atoms with E-state index in [2.05, 4.69) is 15.6 Å². The Morgan fingerprint density at radius 2 is 2.15 bits per heavy atom. The van der Waals surface area contributed by atoms with Gasteiger partial charge >= 0.3 is 0 Å². The molecule has 1 saturated carbocycles. The topological polar surface area (TPSA) is 106 Å². The van der Waals surface area contributed by atoms with E-state index in [0.717, 1.165) is 37.7 Å². The molecule has 2 amide bonds. The van der Waals surface area contributed by atoms with Gasteiger partial charge in [0.05, 0.1) is 17.7 Å². The van der Waals surface area contributed by atoms with Gasteiger partial charge in [0.2, 0.25) is 5.91 Å². The average molecular weight is 391 g/mol. The third-order valence-electron chi connectivity index (χ3n) is 5.73.